The Morgan fingerprint density at radius 3 is 1.43 bits per heavy atom. The lowest BCUT2D eigenvalue weighted by atomic mass is 10.0. The fraction of sp³-hybridized carbons (Fsp3) is 0.909. The number of aliphatic carboxylic acids is 1. The number of ketones is 1. The molecule has 0 spiro atoms. The molecule has 0 saturated carbocycles. The van der Waals surface area contributed by atoms with E-state index in [0.29, 0.717) is 6.42 Å². The lowest BCUT2D eigenvalue weighted by Gasteiger charge is -2.19. The Morgan fingerprint density at radius 2 is 1.10 bits per heavy atom. The van der Waals surface area contributed by atoms with Crippen LogP contribution in [0.4, 0.5) is 0 Å². The van der Waals surface area contributed by atoms with Crippen molar-refractivity contribution < 1.29 is 40.2 Å². The second kappa shape index (κ2) is 22.6. The molecule has 0 aromatic rings. The van der Waals surface area contributed by atoms with E-state index in [-0.39, 0.29) is 0 Å². The van der Waals surface area contributed by atoms with Crippen LogP contribution in [-0.2, 0) is 9.59 Å². The molecule has 6 N–H and O–H groups in total. The summed E-state index contributed by atoms with van der Waals surface area (Å²) < 4.78 is 0. The molecule has 0 aliphatic heterocycles. The van der Waals surface area contributed by atoms with Gasteiger partial charge in [-0.25, -0.2) is 0 Å². The number of unbranched alkanes of at least 4 members (excludes halogenated alkanes) is 12. The van der Waals surface area contributed by atoms with Crippen molar-refractivity contribution in [3.63, 3.8) is 0 Å². The van der Waals surface area contributed by atoms with Crippen molar-refractivity contribution in [3.05, 3.63) is 0 Å². The molecule has 0 saturated heterocycles. The van der Waals surface area contributed by atoms with Gasteiger partial charge in [0.1, 0.15) is 24.9 Å². The number of rotatable bonds is 19. The standard InChI is InChI=1S/C16H32O2.C6H12O6/c1-2-3-4-5-6-7-8-9-10-11-12-13-14-15-16(17)18;7-1-3(9)5(11)6(12)4(10)2-8/h2-15H2,1H3,(H,17,18);3,5-9,11-12H,1-2H2/t;3-,5-,6-/m.1/s1. The molecule has 0 fully saturated rings. The van der Waals surface area contributed by atoms with E-state index >= 15 is 0 Å². The maximum absolute atomic E-state index is 10.5. The van der Waals surface area contributed by atoms with Gasteiger partial charge in [0.2, 0.25) is 0 Å². The largest absolute Gasteiger partial charge is 0.481 e. The van der Waals surface area contributed by atoms with Crippen molar-refractivity contribution in [2.75, 3.05) is 13.2 Å². The van der Waals surface area contributed by atoms with Crippen LogP contribution in [0.15, 0.2) is 0 Å². The van der Waals surface area contributed by atoms with Gasteiger partial charge in [0, 0.05) is 6.42 Å². The summed E-state index contributed by atoms with van der Waals surface area (Å²) in [7, 11) is 0. The highest BCUT2D eigenvalue weighted by Gasteiger charge is 2.28. The summed E-state index contributed by atoms with van der Waals surface area (Å²) in [5.74, 6) is -1.66. The second-order valence-electron chi connectivity index (χ2n) is 7.70. The van der Waals surface area contributed by atoms with Crippen molar-refractivity contribution >= 4 is 11.8 Å². The lowest BCUT2D eigenvalue weighted by Crippen LogP contribution is -2.44. The van der Waals surface area contributed by atoms with Gasteiger partial charge in [-0.05, 0) is 6.42 Å². The maximum atomic E-state index is 10.5. The van der Waals surface area contributed by atoms with Crippen LogP contribution in [0.1, 0.15) is 96.8 Å². The van der Waals surface area contributed by atoms with Gasteiger partial charge in [-0.15, -0.1) is 0 Å². The Balaban J connectivity index is 0. The van der Waals surface area contributed by atoms with Gasteiger partial charge in [0.05, 0.1) is 6.61 Å². The Kier molecular flexibility index (Phi) is 23.5. The van der Waals surface area contributed by atoms with Crippen LogP contribution in [0.3, 0.4) is 0 Å². The molecule has 0 aromatic carbocycles. The van der Waals surface area contributed by atoms with Crippen LogP contribution in [0, 0.1) is 0 Å². The molecule has 0 bridgehead atoms. The van der Waals surface area contributed by atoms with Gasteiger partial charge in [-0.3, -0.25) is 9.59 Å². The predicted octanol–water partition coefficient (Wildman–Crippen LogP) is 2.18. The number of Topliss-reactive ketones (excluding diaryl/α,β-unsaturated/α-hetero) is 1. The van der Waals surface area contributed by atoms with Gasteiger partial charge >= 0.3 is 5.97 Å². The molecule has 0 amide bonds. The summed E-state index contributed by atoms with van der Waals surface area (Å²) in [6, 6.07) is 0. The average molecular weight is 437 g/mol. The third-order valence-corrected chi connectivity index (χ3v) is 4.88. The smallest absolute Gasteiger partial charge is 0.303 e. The highest BCUT2D eigenvalue weighted by atomic mass is 16.4. The van der Waals surface area contributed by atoms with E-state index in [1.54, 1.807) is 0 Å². The second-order valence-corrected chi connectivity index (χ2v) is 7.70. The van der Waals surface area contributed by atoms with Crippen molar-refractivity contribution in [3.8, 4) is 0 Å². The van der Waals surface area contributed by atoms with Crippen LogP contribution < -0.4 is 0 Å². The van der Waals surface area contributed by atoms with Gasteiger partial charge < -0.3 is 30.6 Å². The van der Waals surface area contributed by atoms with E-state index in [0.717, 1.165) is 12.8 Å². The summed E-state index contributed by atoms with van der Waals surface area (Å²) in [6.45, 7) is 0.573. The number of carboxylic acid groups (broad SMARTS) is 1. The first-order valence-electron chi connectivity index (χ1n) is 11.3. The monoisotopic (exact) mass is 436 g/mol. The van der Waals surface area contributed by atoms with Crippen LogP contribution in [0.5, 0.6) is 0 Å². The zero-order chi connectivity index (χ0) is 23.2. The first-order valence-corrected chi connectivity index (χ1v) is 11.3. The molecule has 0 aliphatic carbocycles. The third kappa shape index (κ3) is 20.2. The minimum Gasteiger partial charge on any atom is -0.481 e. The van der Waals surface area contributed by atoms with Crippen molar-refractivity contribution in [2.45, 2.75) is 115 Å². The predicted molar refractivity (Wildman–Crippen MR) is 115 cm³/mol. The molecule has 0 aliphatic rings. The minimum atomic E-state index is -1.86. The van der Waals surface area contributed by atoms with Crippen LogP contribution in [-0.4, -0.2) is 73.9 Å². The molecule has 0 radical (unpaired) electrons. The normalized spacial score (nSPS) is 13.8. The molecule has 30 heavy (non-hydrogen) atoms. The first-order chi connectivity index (χ1) is 14.3. The molecule has 0 unspecified atom stereocenters. The molecule has 180 valence electrons. The summed E-state index contributed by atoms with van der Waals surface area (Å²) in [5, 5.41) is 51.5. The lowest BCUT2D eigenvalue weighted by molar-refractivity contribution is -0.142. The number of carbonyl (C=O) groups is 2. The summed E-state index contributed by atoms with van der Waals surface area (Å²) >= 11 is 0. The van der Waals surface area contributed by atoms with E-state index in [9.17, 15) is 9.59 Å². The molecule has 3 atom stereocenters. The Hall–Kier alpha value is -1.06. The quantitative estimate of drug-likeness (QED) is 0.168. The topological polar surface area (TPSA) is 156 Å². The van der Waals surface area contributed by atoms with E-state index in [4.69, 9.17) is 30.6 Å². The van der Waals surface area contributed by atoms with Gasteiger partial charge in [-0.2, -0.15) is 0 Å². The Morgan fingerprint density at radius 1 is 0.700 bits per heavy atom. The number of hydrogen-bond acceptors (Lipinski definition) is 7. The van der Waals surface area contributed by atoms with E-state index in [1.165, 1.54) is 70.6 Å². The fourth-order valence-corrected chi connectivity index (χ4v) is 2.90. The number of carboxylic acids is 1. The maximum Gasteiger partial charge on any atom is 0.303 e. The number of hydrogen-bond donors (Lipinski definition) is 6. The Bertz CT molecular complexity index is 403. The first kappa shape index (κ1) is 31.1. The zero-order valence-electron chi connectivity index (χ0n) is 18.5. The average Bonchev–Trinajstić information content (AvgIpc) is 2.74. The van der Waals surface area contributed by atoms with E-state index < -0.39 is 43.3 Å². The van der Waals surface area contributed by atoms with Crippen molar-refractivity contribution in [2.24, 2.45) is 0 Å². The minimum absolute atomic E-state index is 0.345. The third-order valence-electron chi connectivity index (χ3n) is 4.88. The fourth-order valence-electron chi connectivity index (χ4n) is 2.90. The van der Waals surface area contributed by atoms with E-state index in [2.05, 4.69) is 6.92 Å². The highest BCUT2D eigenvalue weighted by Crippen LogP contribution is 2.12. The van der Waals surface area contributed by atoms with Gasteiger partial charge in [0.15, 0.2) is 5.78 Å². The molecular formula is C22H44O8. The zero-order valence-corrected chi connectivity index (χ0v) is 18.5. The van der Waals surface area contributed by atoms with E-state index in [1.807, 2.05) is 0 Å². The molecule has 8 nitrogen and oxygen atoms in total. The molecule has 0 aromatic heterocycles. The summed E-state index contributed by atoms with van der Waals surface area (Å²) in [5.41, 5.74) is 0. The SMILES string of the molecule is CCCCCCCCCCCCCCCC(=O)O.O=C(CO)[C@@H](O)[C@H](O)[C@H](O)CO. The molecule has 0 heterocycles. The number of carbonyl (C=O) groups excluding carboxylic acids is 1. The van der Waals surface area contributed by atoms with Crippen LogP contribution in [0.2, 0.25) is 0 Å². The van der Waals surface area contributed by atoms with Crippen LogP contribution >= 0.6 is 0 Å². The van der Waals surface area contributed by atoms with Gasteiger partial charge in [0.25, 0.3) is 0 Å². The summed E-state index contributed by atoms with van der Waals surface area (Å²) in [6.07, 6.45) is 12.0. The molecule has 0 rings (SSSR count). The highest BCUT2D eigenvalue weighted by molar-refractivity contribution is 5.84. The summed E-state index contributed by atoms with van der Waals surface area (Å²) in [4.78, 5) is 20.8. The Labute approximate surface area is 180 Å². The van der Waals surface area contributed by atoms with Crippen LogP contribution in [0.25, 0.3) is 0 Å². The molecular weight excluding hydrogens is 392 g/mol. The molecule has 8 heteroatoms. The van der Waals surface area contributed by atoms with Crippen molar-refractivity contribution in [1.29, 1.82) is 0 Å². The van der Waals surface area contributed by atoms with Crippen molar-refractivity contribution in [1.82, 2.24) is 0 Å². The number of aliphatic hydroxyl groups excluding tert-OH is 5. The number of aliphatic hydroxyl groups is 5. The van der Waals surface area contributed by atoms with Gasteiger partial charge in [-0.1, -0.05) is 84.0 Å².